The fourth-order valence-electron chi connectivity index (χ4n) is 2.96. The van der Waals surface area contributed by atoms with Crippen LogP contribution in [0.5, 0.6) is 5.75 Å². The van der Waals surface area contributed by atoms with Crippen molar-refractivity contribution in [2.24, 2.45) is 0 Å². The molecule has 22 heavy (non-hydrogen) atoms. The SMILES string of the molecule is CC[C@@]1(C)C[C@H](c2nc(-c3ccc(OC)cc3)cs2)CCS1. The first kappa shape index (κ1) is 15.9. The lowest BCUT2D eigenvalue weighted by atomic mass is 9.91. The molecule has 1 aliphatic rings. The zero-order valence-corrected chi connectivity index (χ0v) is 15.1. The molecule has 118 valence electrons. The third kappa shape index (κ3) is 3.33. The number of rotatable bonds is 4. The molecule has 1 saturated heterocycles. The Morgan fingerprint density at radius 2 is 2.09 bits per heavy atom. The molecule has 3 rings (SSSR count). The first-order valence-corrected chi connectivity index (χ1v) is 9.74. The number of ether oxygens (including phenoxy) is 1. The molecule has 0 radical (unpaired) electrons. The minimum atomic E-state index is 0.425. The topological polar surface area (TPSA) is 22.1 Å². The molecule has 0 saturated carbocycles. The second-order valence-corrected chi connectivity index (χ2v) is 8.71. The van der Waals surface area contributed by atoms with Crippen LogP contribution in [0.4, 0.5) is 0 Å². The monoisotopic (exact) mass is 333 g/mol. The van der Waals surface area contributed by atoms with Crippen molar-refractivity contribution >= 4 is 23.1 Å². The second kappa shape index (κ2) is 6.63. The predicted octanol–water partition coefficient (Wildman–Crippen LogP) is 5.60. The van der Waals surface area contributed by atoms with Crippen molar-refractivity contribution in [3.8, 4) is 17.0 Å². The number of methoxy groups -OCH3 is 1. The maximum absolute atomic E-state index is 5.22. The molecule has 0 unspecified atom stereocenters. The van der Waals surface area contributed by atoms with E-state index in [1.54, 1.807) is 7.11 Å². The van der Waals surface area contributed by atoms with E-state index >= 15 is 0 Å². The van der Waals surface area contributed by atoms with E-state index in [1.807, 2.05) is 23.5 Å². The minimum absolute atomic E-state index is 0.425. The Hall–Kier alpha value is -1.000. The van der Waals surface area contributed by atoms with Crippen molar-refractivity contribution in [3.05, 3.63) is 34.7 Å². The zero-order valence-electron chi connectivity index (χ0n) is 13.5. The number of hydrogen-bond acceptors (Lipinski definition) is 4. The van der Waals surface area contributed by atoms with Crippen LogP contribution in [0.2, 0.25) is 0 Å². The van der Waals surface area contributed by atoms with Gasteiger partial charge in [-0.2, -0.15) is 11.8 Å². The first-order chi connectivity index (χ1) is 10.6. The molecule has 0 spiro atoms. The number of benzene rings is 1. The van der Waals surface area contributed by atoms with Crippen LogP contribution in [0.1, 0.15) is 44.0 Å². The average Bonchev–Trinajstić information content (AvgIpc) is 3.05. The van der Waals surface area contributed by atoms with Crippen LogP contribution in [0.25, 0.3) is 11.3 Å². The van der Waals surface area contributed by atoms with E-state index < -0.39 is 0 Å². The van der Waals surface area contributed by atoms with E-state index in [1.165, 1.54) is 35.6 Å². The van der Waals surface area contributed by atoms with E-state index in [4.69, 9.17) is 9.72 Å². The summed E-state index contributed by atoms with van der Waals surface area (Å²) in [5, 5.41) is 3.51. The van der Waals surface area contributed by atoms with Crippen molar-refractivity contribution in [1.82, 2.24) is 4.98 Å². The van der Waals surface area contributed by atoms with Gasteiger partial charge in [-0.15, -0.1) is 11.3 Å². The predicted molar refractivity (Wildman–Crippen MR) is 97.2 cm³/mol. The first-order valence-electron chi connectivity index (χ1n) is 7.87. The molecule has 2 heterocycles. The van der Waals surface area contributed by atoms with Crippen LogP contribution < -0.4 is 4.74 Å². The summed E-state index contributed by atoms with van der Waals surface area (Å²) in [6.07, 6.45) is 3.75. The van der Waals surface area contributed by atoms with Crippen molar-refractivity contribution in [2.45, 2.75) is 43.8 Å². The molecule has 0 N–H and O–H groups in total. The summed E-state index contributed by atoms with van der Waals surface area (Å²) in [6.45, 7) is 4.71. The average molecular weight is 334 g/mol. The molecular weight excluding hydrogens is 310 g/mol. The molecule has 2 aromatic rings. The molecule has 0 amide bonds. The molecule has 0 bridgehead atoms. The van der Waals surface area contributed by atoms with Crippen LogP contribution in [0.15, 0.2) is 29.6 Å². The molecule has 1 aliphatic heterocycles. The van der Waals surface area contributed by atoms with Gasteiger partial charge in [-0.25, -0.2) is 4.98 Å². The smallest absolute Gasteiger partial charge is 0.118 e. The number of thioether (sulfide) groups is 1. The number of nitrogens with zero attached hydrogens (tertiary/aromatic N) is 1. The summed E-state index contributed by atoms with van der Waals surface area (Å²) >= 11 is 3.95. The van der Waals surface area contributed by atoms with Crippen LogP contribution >= 0.6 is 23.1 Å². The van der Waals surface area contributed by atoms with Gasteiger partial charge in [0.2, 0.25) is 0 Å². The maximum atomic E-state index is 5.22. The van der Waals surface area contributed by atoms with Gasteiger partial charge in [0, 0.05) is 21.6 Å². The largest absolute Gasteiger partial charge is 0.497 e. The molecule has 0 aliphatic carbocycles. The van der Waals surface area contributed by atoms with E-state index in [0.717, 1.165) is 11.4 Å². The third-order valence-corrected chi connectivity index (χ3v) is 7.20. The Balaban J connectivity index is 1.78. The Bertz CT molecular complexity index is 622. The molecule has 1 aromatic carbocycles. The van der Waals surface area contributed by atoms with Crippen LogP contribution in [0, 0.1) is 0 Å². The van der Waals surface area contributed by atoms with Crippen molar-refractivity contribution < 1.29 is 4.74 Å². The highest BCUT2D eigenvalue weighted by Crippen LogP contribution is 2.46. The fraction of sp³-hybridized carbons (Fsp3) is 0.500. The molecule has 1 aromatic heterocycles. The van der Waals surface area contributed by atoms with E-state index in [2.05, 4.69) is 43.1 Å². The Morgan fingerprint density at radius 1 is 1.32 bits per heavy atom. The Morgan fingerprint density at radius 3 is 2.77 bits per heavy atom. The number of hydrogen-bond donors (Lipinski definition) is 0. The van der Waals surface area contributed by atoms with E-state index in [-0.39, 0.29) is 0 Å². The zero-order chi connectivity index (χ0) is 15.6. The normalized spacial score (nSPS) is 25.1. The van der Waals surface area contributed by atoms with Gasteiger partial charge in [-0.3, -0.25) is 0 Å². The standard InChI is InChI=1S/C18H23NOS2/c1-4-18(2)11-14(9-10-22-18)17-19-16(12-21-17)13-5-7-15(20-3)8-6-13/h5-8,12,14H,4,9-11H2,1-3H3/t14-,18+/m1/s1. The van der Waals surface area contributed by atoms with Crippen LogP contribution in [-0.4, -0.2) is 22.6 Å². The maximum Gasteiger partial charge on any atom is 0.118 e. The summed E-state index contributed by atoms with van der Waals surface area (Å²) < 4.78 is 5.65. The Kier molecular flexibility index (Phi) is 4.79. The van der Waals surface area contributed by atoms with E-state index in [9.17, 15) is 0 Å². The van der Waals surface area contributed by atoms with Gasteiger partial charge in [0.25, 0.3) is 0 Å². The third-order valence-electron chi connectivity index (χ3n) is 4.60. The van der Waals surface area contributed by atoms with Gasteiger partial charge < -0.3 is 4.74 Å². The lowest BCUT2D eigenvalue weighted by Crippen LogP contribution is -2.27. The van der Waals surface area contributed by atoms with Gasteiger partial charge in [0.05, 0.1) is 17.8 Å². The summed E-state index contributed by atoms with van der Waals surface area (Å²) in [6, 6.07) is 8.18. The lowest BCUT2D eigenvalue weighted by molar-refractivity contribution is 0.415. The van der Waals surface area contributed by atoms with Crippen LogP contribution in [0.3, 0.4) is 0 Å². The Labute approximate surface area is 141 Å². The van der Waals surface area contributed by atoms with Crippen LogP contribution in [-0.2, 0) is 0 Å². The summed E-state index contributed by atoms with van der Waals surface area (Å²) in [7, 11) is 1.70. The lowest BCUT2D eigenvalue weighted by Gasteiger charge is -2.36. The van der Waals surface area contributed by atoms with Crippen molar-refractivity contribution in [3.63, 3.8) is 0 Å². The quantitative estimate of drug-likeness (QED) is 0.727. The molecule has 2 nitrogen and oxygen atoms in total. The number of thiazole rings is 1. The summed E-state index contributed by atoms with van der Waals surface area (Å²) in [5.41, 5.74) is 2.27. The van der Waals surface area contributed by atoms with Gasteiger partial charge in [0.15, 0.2) is 0 Å². The number of aromatic nitrogens is 1. The minimum Gasteiger partial charge on any atom is -0.497 e. The molecule has 1 fully saturated rings. The fourth-order valence-corrected chi connectivity index (χ4v) is 5.34. The van der Waals surface area contributed by atoms with Gasteiger partial charge in [0.1, 0.15) is 5.75 Å². The van der Waals surface area contributed by atoms with Crippen molar-refractivity contribution in [1.29, 1.82) is 0 Å². The highest BCUT2D eigenvalue weighted by molar-refractivity contribution is 8.00. The summed E-state index contributed by atoms with van der Waals surface area (Å²) in [4.78, 5) is 4.93. The molecular formula is C18H23NOS2. The summed E-state index contributed by atoms with van der Waals surface area (Å²) in [5.74, 6) is 2.78. The highest BCUT2D eigenvalue weighted by Gasteiger charge is 2.33. The van der Waals surface area contributed by atoms with E-state index in [0.29, 0.717) is 10.7 Å². The molecule has 4 heteroatoms. The highest BCUT2D eigenvalue weighted by atomic mass is 32.2. The van der Waals surface area contributed by atoms with Gasteiger partial charge in [-0.05, 0) is 49.3 Å². The van der Waals surface area contributed by atoms with Crippen molar-refractivity contribution in [2.75, 3.05) is 12.9 Å². The van der Waals surface area contributed by atoms with Gasteiger partial charge in [-0.1, -0.05) is 13.8 Å². The molecule has 2 atom stereocenters. The second-order valence-electron chi connectivity index (χ2n) is 6.14. The van der Waals surface area contributed by atoms with Gasteiger partial charge >= 0.3 is 0 Å².